The highest BCUT2D eigenvalue weighted by Gasteiger charge is 2.32. The molecule has 1 aliphatic carbocycles. The minimum absolute atomic E-state index is 0.0978. The molecule has 0 bridgehead atoms. The van der Waals surface area contributed by atoms with Crippen LogP contribution in [0.1, 0.15) is 64.7 Å². The Morgan fingerprint density at radius 1 is 1.14 bits per heavy atom. The second-order valence-electron chi connectivity index (χ2n) is 6.81. The number of carbonyl (C=O) groups excluding carboxylic acids is 1. The molecule has 2 aliphatic rings. The van der Waals surface area contributed by atoms with Crippen LogP contribution < -0.4 is 0 Å². The number of carbonyl (C=O) groups is 2. The molecule has 21 heavy (non-hydrogen) atoms. The number of piperidine rings is 1. The number of nitrogens with zero attached hydrogens (tertiary/aromatic N) is 1. The second-order valence-corrected chi connectivity index (χ2v) is 6.81. The van der Waals surface area contributed by atoms with Crippen molar-refractivity contribution in [1.29, 1.82) is 0 Å². The molecule has 2 unspecified atom stereocenters. The minimum Gasteiger partial charge on any atom is -0.481 e. The molecular formula is C17H29NO3. The van der Waals surface area contributed by atoms with Gasteiger partial charge in [0.2, 0.25) is 5.91 Å². The number of hydrogen-bond donors (Lipinski definition) is 1. The van der Waals surface area contributed by atoms with E-state index in [1.54, 1.807) is 0 Å². The fourth-order valence-corrected chi connectivity index (χ4v) is 3.90. The van der Waals surface area contributed by atoms with E-state index in [1.807, 2.05) is 4.90 Å². The van der Waals surface area contributed by atoms with Gasteiger partial charge in [0.1, 0.15) is 0 Å². The topological polar surface area (TPSA) is 57.6 Å². The summed E-state index contributed by atoms with van der Waals surface area (Å²) in [5, 5.41) is 9.16. The Hall–Kier alpha value is -1.06. The van der Waals surface area contributed by atoms with Crippen molar-refractivity contribution in [1.82, 2.24) is 4.90 Å². The zero-order chi connectivity index (χ0) is 15.2. The number of amides is 1. The lowest BCUT2D eigenvalue weighted by atomic mass is 9.81. The molecule has 1 saturated carbocycles. The summed E-state index contributed by atoms with van der Waals surface area (Å²) in [6.07, 6.45) is 9.89. The SMILES string of the molecule is CCC(CC1CCCCC1)C(=O)N1CCCC(C(=O)O)C1. The Labute approximate surface area is 127 Å². The number of carboxylic acids is 1. The smallest absolute Gasteiger partial charge is 0.308 e. The maximum atomic E-state index is 12.7. The van der Waals surface area contributed by atoms with E-state index in [1.165, 1.54) is 32.1 Å². The third kappa shape index (κ3) is 4.45. The monoisotopic (exact) mass is 295 g/mol. The predicted octanol–water partition coefficient (Wildman–Crippen LogP) is 3.31. The summed E-state index contributed by atoms with van der Waals surface area (Å²) in [7, 11) is 0. The first-order valence-corrected chi connectivity index (χ1v) is 8.63. The molecule has 1 aliphatic heterocycles. The predicted molar refractivity (Wildman–Crippen MR) is 81.9 cm³/mol. The summed E-state index contributed by atoms with van der Waals surface area (Å²) in [4.78, 5) is 25.7. The van der Waals surface area contributed by atoms with Gasteiger partial charge in [0.05, 0.1) is 5.92 Å². The molecule has 0 aromatic carbocycles. The lowest BCUT2D eigenvalue weighted by molar-refractivity contribution is -0.147. The van der Waals surface area contributed by atoms with Crippen molar-refractivity contribution in [3.8, 4) is 0 Å². The molecule has 2 atom stereocenters. The summed E-state index contributed by atoms with van der Waals surface area (Å²) in [5.74, 6) is -0.120. The quantitative estimate of drug-likeness (QED) is 0.846. The average Bonchev–Trinajstić information content (AvgIpc) is 2.53. The van der Waals surface area contributed by atoms with Crippen LogP contribution >= 0.6 is 0 Å². The highest BCUT2D eigenvalue weighted by Crippen LogP contribution is 2.31. The number of hydrogen-bond acceptors (Lipinski definition) is 2. The van der Waals surface area contributed by atoms with Crippen molar-refractivity contribution < 1.29 is 14.7 Å². The number of carboxylic acid groups (broad SMARTS) is 1. The van der Waals surface area contributed by atoms with Crippen molar-refractivity contribution in [3.05, 3.63) is 0 Å². The molecule has 1 heterocycles. The minimum atomic E-state index is -0.757. The maximum Gasteiger partial charge on any atom is 0.308 e. The van der Waals surface area contributed by atoms with Crippen molar-refractivity contribution in [2.24, 2.45) is 17.8 Å². The van der Waals surface area contributed by atoms with E-state index in [2.05, 4.69) is 6.92 Å². The van der Waals surface area contributed by atoms with Gasteiger partial charge in [0, 0.05) is 19.0 Å². The number of rotatable bonds is 5. The molecule has 1 N–H and O–H groups in total. The maximum absolute atomic E-state index is 12.7. The molecule has 0 aromatic rings. The van der Waals surface area contributed by atoms with E-state index in [-0.39, 0.29) is 17.7 Å². The highest BCUT2D eigenvalue weighted by atomic mass is 16.4. The summed E-state index contributed by atoms with van der Waals surface area (Å²) in [5.41, 5.74) is 0. The first-order chi connectivity index (χ1) is 10.1. The third-order valence-electron chi connectivity index (χ3n) is 5.27. The normalized spacial score (nSPS) is 25.6. The molecule has 4 nitrogen and oxygen atoms in total. The van der Waals surface area contributed by atoms with Gasteiger partial charge in [-0.2, -0.15) is 0 Å². The van der Waals surface area contributed by atoms with E-state index in [9.17, 15) is 9.59 Å². The Balaban J connectivity index is 1.90. The second kappa shape index (κ2) is 7.81. The van der Waals surface area contributed by atoms with Crippen molar-refractivity contribution in [2.75, 3.05) is 13.1 Å². The van der Waals surface area contributed by atoms with E-state index < -0.39 is 5.97 Å². The Bertz CT molecular complexity index is 363. The van der Waals surface area contributed by atoms with Crippen LogP contribution in [0.4, 0.5) is 0 Å². The number of aliphatic carboxylic acids is 1. The first kappa shape index (κ1) is 16.3. The summed E-state index contributed by atoms with van der Waals surface area (Å²) >= 11 is 0. The van der Waals surface area contributed by atoms with Crippen LogP contribution in [-0.4, -0.2) is 35.0 Å². The molecular weight excluding hydrogens is 266 g/mol. The van der Waals surface area contributed by atoms with Gasteiger partial charge in [0.25, 0.3) is 0 Å². The van der Waals surface area contributed by atoms with Crippen molar-refractivity contribution in [3.63, 3.8) is 0 Å². The van der Waals surface area contributed by atoms with Crippen LogP contribution in [-0.2, 0) is 9.59 Å². The molecule has 2 rings (SSSR count). The molecule has 1 saturated heterocycles. The van der Waals surface area contributed by atoms with Gasteiger partial charge in [-0.15, -0.1) is 0 Å². The molecule has 1 amide bonds. The Morgan fingerprint density at radius 2 is 1.86 bits per heavy atom. The molecule has 4 heteroatoms. The standard InChI is InChI=1S/C17H29NO3/c1-2-14(11-13-7-4-3-5-8-13)16(19)18-10-6-9-15(12-18)17(20)21/h13-15H,2-12H2,1H3,(H,20,21). The van der Waals surface area contributed by atoms with Crippen LogP contribution in [0.5, 0.6) is 0 Å². The molecule has 0 spiro atoms. The molecule has 0 aromatic heterocycles. The zero-order valence-electron chi connectivity index (χ0n) is 13.2. The lowest BCUT2D eigenvalue weighted by Crippen LogP contribution is -2.45. The van der Waals surface area contributed by atoms with E-state index in [0.717, 1.165) is 25.8 Å². The summed E-state index contributed by atoms with van der Waals surface area (Å²) in [6, 6.07) is 0. The highest BCUT2D eigenvalue weighted by molar-refractivity contribution is 5.80. The first-order valence-electron chi connectivity index (χ1n) is 8.63. The molecule has 2 fully saturated rings. The zero-order valence-corrected chi connectivity index (χ0v) is 13.2. The van der Waals surface area contributed by atoms with Gasteiger partial charge >= 0.3 is 5.97 Å². The van der Waals surface area contributed by atoms with Gasteiger partial charge in [-0.05, 0) is 31.6 Å². The van der Waals surface area contributed by atoms with Gasteiger partial charge in [-0.3, -0.25) is 9.59 Å². The van der Waals surface area contributed by atoms with Crippen LogP contribution in [0.15, 0.2) is 0 Å². The van der Waals surface area contributed by atoms with E-state index >= 15 is 0 Å². The van der Waals surface area contributed by atoms with Crippen LogP contribution in [0.3, 0.4) is 0 Å². The van der Waals surface area contributed by atoms with E-state index in [0.29, 0.717) is 18.9 Å². The Kier molecular flexibility index (Phi) is 6.07. The largest absolute Gasteiger partial charge is 0.481 e. The molecule has 0 radical (unpaired) electrons. The van der Waals surface area contributed by atoms with E-state index in [4.69, 9.17) is 5.11 Å². The summed E-state index contributed by atoms with van der Waals surface area (Å²) in [6.45, 7) is 3.24. The van der Waals surface area contributed by atoms with Crippen LogP contribution in [0, 0.1) is 17.8 Å². The fraction of sp³-hybridized carbons (Fsp3) is 0.882. The van der Waals surface area contributed by atoms with Crippen LogP contribution in [0.2, 0.25) is 0 Å². The fourth-order valence-electron chi connectivity index (χ4n) is 3.90. The lowest BCUT2D eigenvalue weighted by Gasteiger charge is -2.34. The van der Waals surface area contributed by atoms with Gasteiger partial charge in [0.15, 0.2) is 0 Å². The molecule has 120 valence electrons. The van der Waals surface area contributed by atoms with Gasteiger partial charge < -0.3 is 10.0 Å². The van der Waals surface area contributed by atoms with Crippen LogP contribution in [0.25, 0.3) is 0 Å². The van der Waals surface area contributed by atoms with Crippen molar-refractivity contribution >= 4 is 11.9 Å². The average molecular weight is 295 g/mol. The van der Waals surface area contributed by atoms with Crippen molar-refractivity contribution in [2.45, 2.75) is 64.7 Å². The third-order valence-corrected chi connectivity index (χ3v) is 5.27. The Morgan fingerprint density at radius 3 is 2.48 bits per heavy atom. The van der Waals surface area contributed by atoms with Gasteiger partial charge in [-0.25, -0.2) is 0 Å². The number of likely N-dealkylation sites (tertiary alicyclic amines) is 1. The summed E-state index contributed by atoms with van der Waals surface area (Å²) < 4.78 is 0. The van der Waals surface area contributed by atoms with Gasteiger partial charge in [-0.1, -0.05) is 39.0 Å².